The Morgan fingerprint density at radius 1 is 1.50 bits per heavy atom. The van der Waals surface area contributed by atoms with Crippen LogP contribution < -0.4 is 5.73 Å². The van der Waals surface area contributed by atoms with Gasteiger partial charge in [0.05, 0.1) is 0 Å². The Bertz CT molecular complexity index is 452. The van der Waals surface area contributed by atoms with Gasteiger partial charge in [0.1, 0.15) is 0 Å². The zero-order chi connectivity index (χ0) is 12.3. The molecule has 3 N–H and O–H groups in total. The number of hydrogen-bond acceptors (Lipinski definition) is 4. The molecule has 0 aliphatic rings. The maximum absolute atomic E-state index is 12.1. The fourth-order valence-corrected chi connectivity index (χ4v) is 2.89. The minimum absolute atomic E-state index is 0.0449. The second kappa shape index (κ2) is 4.94. The topological polar surface area (TPSA) is 92.1 Å². The Kier molecular flexibility index (Phi) is 4.06. The number of nitrogens with zero attached hydrogens (tertiary/aromatic N) is 2. The predicted octanol–water partition coefficient (Wildman–Crippen LogP) is 0.207. The van der Waals surface area contributed by atoms with Gasteiger partial charge < -0.3 is 5.73 Å². The third-order valence-corrected chi connectivity index (χ3v) is 4.26. The fourth-order valence-electron chi connectivity index (χ4n) is 1.47. The van der Waals surface area contributed by atoms with Gasteiger partial charge >= 0.3 is 0 Å². The van der Waals surface area contributed by atoms with Gasteiger partial charge in [0.15, 0.2) is 5.03 Å². The number of nitrogens with one attached hydrogen (secondary N) is 1. The number of aromatic amines is 1. The number of sulfonamides is 1. The van der Waals surface area contributed by atoms with Gasteiger partial charge in [-0.05, 0) is 13.3 Å². The summed E-state index contributed by atoms with van der Waals surface area (Å²) in [6.45, 7) is 4.31. The highest BCUT2D eigenvalue weighted by Gasteiger charge is 2.26. The van der Waals surface area contributed by atoms with Crippen LogP contribution in [0.5, 0.6) is 0 Å². The highest BCUT2D eigenvalue weighted by atomic mass is 32.2. The Morgan fingerprint density at radius 2 is 2.12 bits per heavy atom. The van der Waals surface area contributed by atoms with Crippen molar-refractivity contribution in [3.8, 4) is 0 Å². The molecule has 6 nitrogen and oxygen atoms in total. The monoisotopic (exact) mass is 246 g/mol. The van der Waals surface area contributed by atoms with Crippen LogP contribution in [0, 0.1) is 6.92 Å². The minimum Gasteiger partial charge on any atom is -0.326 e. The first-order chi connectivity index (χ1) is 7.45. The third kappa shape index (κ3) is 2.26. The molecule has 0 bridgehead atoms. The normalized spacial score (nSPS) is 12.3. The van der Waals surface area contributed by atoms with E-state index in [0.29, 0.717) is 17.8 Å². The van der Waals surface area contributed by atoms with Crippen molar-refractivity contribution in [2.45, 2.75) is 31.8 Å². The summed E-state index contributed by atoms with van der Waals surface area (Å²) in [6, 6.07) is 0. The quantitative estimate of drug-likeness (QED) is 0.776. The van der Waals surface area contributed by atoms with Gasteiger partial charge in [-0.25, -0.2) is 8.42 Å². The van der Waals surface area contributed by atoms with E-state index in [2.05, 4.69) is 10.2 Å². The molecule has 7 heteroatoms. The summed E-state index contributed by atoms with van der Waals surface area (Å²) >= 11 is 0. The molecule has 0 saturated carbocycles. The summed E-state index contributed by atoms with van der Waals surface area (Å²) < 4.78 is 25.5. The number of H-pyrrole nitrogens is 1. The summed E-state index contributed by atoms with van der Waals surface area (Å²) in [4.78, 5) is 0. The Balaban J connectivity index is 3.17. The standard InChI is InChI=1S/C9H18N4O2S/c1-4-5-13(3)16(14,15)9-8(6-10)7(2)11-12-9/h4-6,10H2,1-3H3,(H,11,12). The van der Waals surface area contributed by atoms with E-state index >= 15 is 0 Å². The second-order valence-electron chi connectivity index (χ2n) is 3.66. The Labute approximate surface area is 95.9 Å². The highest BCUT2D eigenvalue weighted by Crippen LogP contribution is 2.18. The van der Waals surface area contributed by atoms with Gasteiger partial charge in [-0.3, -0.25) is 5.10 Å². The predicted molar refractivity (Wildman–Crippen MR) is 61.3 cm³/mol. The van der Waals surface area contributed by atoms with Crippen LogP contribution in [-0.2, 0) is 16.6 Å². The highest BCUT2D eigenvalue weighted by molar-refractivity contribution is 7.89. The molecular weight excluding hydrogens is 228 g/mol. The summed E-state index contributed by atoms with van der Waals surface area (Å²) in [5, 5.41) is 6.53. The fraction of sp³-hybridized carbons (Fsp3) is 0.667. The first kappa shape index (κ1) is 13.1. The lowest BCUT2D eigenvalue weighted by atomic mass is 10.3. The molecule has 0 spiro atoms. The molecule has 0 fully saturated rings. The van der Waals surface area contributed by atoms with Gasteiger partial charge in [0.25, 0.3) is 10.0 Å². The van der Waals surface area contributed by atoms with Crippen molar-refractivity contribution in [2.75, 3.05) is 13.6 Å². The van der Waals surface area contributed by atoms with Gasteiger partial charge in [0, 0.05) is 31.4 Å². The van der Waals surface area contributed by atoms with Gasteiger partial charge in [0.2, 0.25) is 0 Å². The number of aromatic nitrogens is 2. The molecule has 0 aliphatic carbocycles. The summed E-state index contributed by atoms with van der Waals surface area (Å²) in [5.41, 5.74) is 6.78. The van der Waals surface area contributed by atoms with Crippen molar-refractivity contribution in [2.24, 2.45) is 5.73 Å². The minimum atomic E-state index is -3.51. The lowest BCUT2D eigenvalue weighted by Crippen LogP contribution is -2.29. The molecule has 1 aromatic rings. The summed E-state index contributed by atoms with van der Waals surface area (Å²) in [6.07, 6.45) is 0.761. The van der Waals surface area contributed by atoms with E-state index in [1.165, 1.54) is 4.31 Å². The molecule has 0 aromatic carbocycles. The van der Waals surface area contributed by atoms with E-state index in [4.69, 9.17) is 5.73 Å². The smallest absolute Gasteiger partial charge is 0.262 e. The van der Waals surface area contributed by atoms with E-state index in [-0.39, 0.29) is 11.6 Å². The van der Waals surface area contributed by atoms with Gasteiger partial charge in [-0.15, -0.1) is 0 Å². The van der Waals surface area contributed by atoms with E-state index in [0.717, 1.165) is 6.42 Å². The van der Waals surface area contributed by atoms with Crippen LogP contribution >= 0.6 is 0 Å². The SMILES string of the molecule is CCCN(C)S(=O)(=O)c1n[nH]c(C)c1CN. The van der Waals surface area contributed by atoms with E-state index in [9.17, 15) is 8.42 Å². The Morgan fingerprint density at radius 3 is 2.62 bits per heavy atom. The number of rotatable bonds is 5. The number of nitrogens with two attached hydrogens (primary N) is 1. The van der Waals surface area contributed by atoms with Crippen LogP contribution in [0.3, 0.4) is 0 Å². The van der Waals surface area contributed by atoms with E-state index in [1.807, 2.05) is 6.92 Å². The molecule has 0 atom stereocenters. The average molecular weight is 246 g/mol. The van der Waals surface area contributed by atoms with Crippen LogP contribution in [0.4, 0.5) is 0 Å². The molecule has 16 heavy (non-hydrogen) atoms. The third-order valence-electron chi connectivity index (χ3n) is 2.43. The van der Waals surface area contributed by atoms with Crippen molar-refractivity contribution in [1.82, 2.24) is 14.5 Å². The van der Waals surface area contributed by atoms with Crippen molar-refractivity contribution >= 4 is 10.0 Å². The van der Waals surface area contributed by atoms with Crippen LogP contribution in [-0.4, -0.2) is 36.5 Å². The van der Waals surface area contributed by atoms with Gasteiger partial charge in [-0.2, -0.15) is 9.40 Å². The lowest BCUT2D eigenvalue weighted by molar-refractivity contribution is 0.464. The summed E-state index contributed by atoms with van der Waals surface area (Å²) in [5.74, 6) is 0. The first-order valence-electron chi connectivity index (χ1n) is 5.15. The van der Waals surface area contributed by atoms with Crippen molar-refractivity contribution in [3.63, 3.8) is 0 Å². The summed E-state index contributed by atoms with van der Waals surface area (Å²) in [7, 11) is -1.97. The molecule has 0 amide bonds. The molecule has 92 valence electrons. The zero-order valence-corrected chi connectivity index (χ0v) is 10.6. The first-order valence-corrected chi connectivity index (χ1v) is 6.59. The van der Waals surface area contributed by atoms with Crippen molar-refractivity contribution < 1.29 is 8.42 Å². The lowest BCUT2D eigenvalue weighted by Gasteiger charge is -2.15. The molecule has 1 heterocycles. The molecule has 0 aliphatic heterocycles. The maximum Gasteiger partial charge on any atom is 0.262 e. The number of hydrogen-bond donors (Lipinski definition) is 2. The van der Waals surface area contributed by atoms with Crippen LogP contribution in [0.15, 0.2) is 5.03 Å². The Hall–Kier alpha value is -0.920. The molecule has 0 unspecified atom stereocenters. The molecule has 1 aromatic heterocycles. The zero-order valence-electron chi connectivity index (χ0n) is 9.82. The van der Waals surface area contributed by atoms with Crippen molar-refractivity contribution in [3.05, 3.63) is 11.3 Å². The van der Waals surface area contributed by atoms with Gasteiger partial charge in [-0.1, -0.05) is 6.92 Å². The van der Waals surface area contributed by atoms with Crippen LogP contribution in [0.1, 0.15) is 24.6 Å². The van der Waals surface area contributed by atoms with E-state index < -0.39 is 10.0 Å². The molecule has 1 rings (SSSR count). The number of aryl methyl sites for hydroxylation is 1. The largest absolute Gasteiger partial charge is 0.326 e. The molecule has 0 saturated heterocycles. The maximum atomic E-state index is 12.1. The van der Waals surface area contributed by atoms with Crippen LogP contribution in [0.2, 0.25) is 0 Å². The van der Waals surface area contributed by atoms with E-state index in [1.54, 1.807) is 14.0 Å². The van der Waals surface area contributed by atoms with Crippen LogP contribution in [0.25, 0.3) is 0 Å². The molecule has 0 radical (unpaired) electrons. The van der Waals surface area contributed by atoms with Crippen molar-refractivity contribution in [1.29, 1.82) is 0 Å². The second-order valence-corrected chi connectivity index (χ2v) is 5.62. The molecular formula is C9H18N4O2S. The average Bonchev–Trinajstić information content (AvgIpc) is 2.60.